The van der Waals surface area contributed by atoms with Crippen molar-refractivity contribution in [2.75, 3.05) is 5.32 Å². The first-order valence-corrected chi connectivity index (χ1v) is 11.2. The number of hydrogen-bond donors (Lipinski definition) is 3. The number of nitrogens with zero attached hydrogens (tertiary/aromatic N) is 2. The molecule has 2 amide bonds. The van der Waals surface area contributed by atoms with Crippen molar-refractivity contribution in [2.24, 2.45) is 0 Å². The van der Waals surface area contributed by atoms with E-state index in [4.69, 9.17) is 4.74 Å². The van der Waals surface area contributed by atoms with Crippen molar-refractivity contribution in [1.29, 1.82) is 0 Å². The van der Waals surface area contributed by atoms with Crippen LogP contribution in [-0.2, 0) is 6.61 Å². The van der Waals surface area contributed by atoms with Crippen LogP contribution in [0.5, 0.6) is 11.5 Å². The Morgan fingerprint density at radius 1 is 0.943 bits per heavy atom. The molecule has 35 heavy (non-hydrogen) atoms. The Morgan fingerprint density at radius 3 is 2.46 bits per heavy atom. The lowest BCUT2D eigenvalue weighted by Crippen LogP contribution is -2.34. The number of anilines is 1. The summed E-state index contributed by atoms with van der Waals surface area (Å²) in [5.41, 5.74) is 2.47. The molecule has 1 atom stereocenters. The van der Waals surface area contributed by atoms with E-state index in [1.165, 1.54) is 0 Å². The number of urea groups is 1. The van der Waals surface area contributed by atoms with Crippen LogP contribution in [0.15, 0.2) is 103 Å². The van der Waals surface area contributed by atoms with Gasteiger partial charge in [0.1, 0.15) is 18.1 Å². The highest BCUT2D eigenvalue weighted by atomic mass is 16.5. The summed E-state index contributed by atoms with van der Waals surface area (Å²) >= 11 is 0. The Balaban J connectivity index is 1.48. The average molecular weight is 466 g/mol. The normalized spacial score (nSPS) is 11.3. The van der Waals surface area contributed by atoms with E-state index in [1.807, 2.05) is 48.5 Å². The zero-order valence-electron chi connectivity index (χ0n) is 19.0. The number of nitrogens with one attached hydrogen (secondary N) is 2. The summed E-state index contributed by atoms with van der Waals surface area (Å²) in [6, 6.07) is 25.8. The SMILES string of the molecule is [N-]=C(CC(NC(=O)Nc1ccccc1COc1ccccc1)c1ccccc1O)c1cccnc1. The van der Waals surface area contributed by atoms with Crippen LogP contribution in [-0.4, -0.2) is 21.8 Å². The van der Waals surface area contributed by atoms with Crippen LogP contribution in [0, 0.1) is 0 Å². The van der Waals surface area contributed by atoms with Crippen molar-refractivity contribution in [1.82, 2.24) is 10.3 Å². The molecule has 1 aromatic heterocycles. The molecule has 0 aliphatic heterocycles. The van der Waals surface area contributed by atoms with Gasteiger partial charge in [-0.1, -0.05) is 60.7 Å². The van der Waals surface area contributed by atoms with Crippen LogP contribution >= 0.6 is 0 Å². The lowest BCUT2D eigenvalue weighted by molar-refractivity contribution is 0.248. The third-order valence-electron chi connectivity index (χ3n) is 5.41. The van der Waals surface area contributed by atoms with Crippen LogP contribution in [0.25, 0.3) is 5.41 Å². The van der Waals surface area contributed by atoms with Crippen molar-refractivity contribution in [3.05, 3.63) is 125 Å². The van der Waals surface area contributed by atoms with Crippen molar-refractivity contribution in [3.8, 4) is 11.5 Å². The van der Waals surface area contributed by atoms with Crippen molar-refractivity contribution in [3.63, 3.8) is 0 Å². The fourth-order valence-electron chi connectivity index (χ4n) is 3.63. The van der Waals surface area contributed by atoms with Crippen LogP contribution in [0.4, 0.5) is 10.5 Å². The van der Waals surface area contributed by atoms with E-state index in [9.17, 15) is 15.3 Å². The second-order valence-corrected chi connectivity index (χ2v) is 7.86. The number of hydrogen-bond acceptors (Lipinski definition) is 4. The van der Waals surface area contributed by atoms with Gasteiger partial charge in [-0.25, -0.2) is 4.79 Å². The maximum Gasteiger partial charge on any atom is 0.319 e. The first-order valence-electron chi connectivity index (χ1n) is 11.2. The summed E-state index contributed by atoms with van der Waals surface area (Å²) in [4.78, 5) is 17.0. The third-order valence-corrected chi connectivity index (χ3v) is 5.41. The second kappa shape index (κ2) is 11.5. The molecule has 0 saturated carbocycles. The van der Waals surface area contributed by atoms with Crippen molar-refractivity contribution in [2.45, 2.75) is 19.1 Å². The minimum Gasteiger partial charge on any atom is -0.807 e. The molecule has 7 nitrogen and oxygen atoms in total. The molecule has 176 valence electrons. The van der Waals surface area contributed by atoms with E-state index in [-0.39, 0.29) is 24.5 Å². The summed E-state index contributed by atoms with van der Waals surface area (Å²) in [6.07, 6.45) is 3.22. The molecule has 3 aromatic carbocycles. The second-order valence-electron chi connectivity index (χ2n) is 7.86. The summed E-state index contributed by atoms with van der Waals surface area (Å²) in [5, 5.41) is 26.8. The molecule has 0 aliphatic carbocycles. The van der Waals surface area contributed by atoms with Gasteiger partial charge in [-0.2, -0.15) is 5.71 Å². The standard InChI is InChI=1S/C28H25N4O3/c29-24(20-10-8-16-30-18-20)17-26(23-13-5-7-15-27(23)33)32-28(34)31-25-14-6-4-9-21(25)19-35-22-11-2-1-3-12-22/h1-16,18,26,33H,17,19H2,(H2,31,32,34)/q-1. The Hall–Kier alpha value is -4.65. The predicted octanol–water partition coefficient (Wildman–Crippen LogP) is 5.68. The average Bonchev–Trinajstić information content (AvgIpc) is 2.89. The quantitative estimate of drug-likeness (QED) is 0.277. The maximum absolute atomic E-state index is 13.0. The highest BCUT2D eigenvalue weighted by Crippen LogP contribution is 2.28. The molecule has 3 N–H and O–H groups in total. The summed E-state index contributed by atoms with van der Waals surface area (Å²) in [6.45, 7) is 0.277. The van der Waals surface area contributed by atoms with E-state index < -0.39 is 12.1 Å². The molecular weight excluding hydrogens is 440 g/mol. The molecule has 7 heteroatoms. The first kappa shape index (κ1) is 23.5. The number of carbonyl (C=O) groups is 1. The molecule has 0 aliphatic rings. The number of aromatic nitrogens is 1. The summed E-state index contributed by atoms with van der Waals surface area (Å²) < 4.78 is 5.83. The van der Waals surface area contributed by atoms with Gasteiger partial charge >= 0.3 is 6.03 Å². The van der Waals surface area contributed by atoms with E-state index in [2.05, 4.69) is 15.6 Å². The van der Waals surface area contributed by atoms with Gasteiger partial charge < -0.3 is 25.9 Å². The number of carbonyl (C=O) groups excluding carboxylic acids is 1. The van der Waals surface area contributed by atoms with E-state index in [0.29, 0.717) is 16.8 Å². The molecule has 0 radical (unpaired) electrons. The number of rotatable bonds is 9. The highest BCUT2D eigenvalue weighted by Gasteiger charge is 2.19. The Bertz CT molecular complexity index is 1280. The molecule has 0 fully saturated rings. The zero-order chi connectivity index (χ0) is 24.5. The van der Waals surface area contributed by atoms with E-state index in [0.717, 1.165) is 11.3 Å². The first-order chi connectivity index (χ1) is 17.1. The van der Waals surface area contributed by atoms with Gasteiger partial charge in [-0.15, -0.1) is 0 Å². The maximum atomic E-state index is 13.0. The minimum atomic E-state index is -0.691. The number of phenolic OH excluding ortho intramolecular Hbond substituents is 1. The largest absolute Gasteiger partial charge is 0.807 e. The number of para-hydroxylation sites is 3. The Kier molecular flexibility index (Phi) is 7.70. The number of benzene rings is 3. The zero-order valence-corrected chi connectivity index (χ0v) is 19.0. The highest BCUT2D eigenvalue weighted by molar-refractivity contribution is 6.03. The van der Waals surface area contributed by atoms with Gasteiger partial charge in [0.25, 0.3) is 0 Å². The number of aromatic hydroxyl groups is 1. The molecule has 0 bridgehead atoms. The lowest BCUT2D eigenvalue weighted by Gasteiger charge is -2.24. The number of pyridine rings is 1. The number of ether oxygens (including phenoxy) is 1. The van der Waals surface area contributed by atoms with Gasteiger partial charge in [-0.05, 0) is 42.3 Å². The topological polar surface area (TPSA) is 106 Å². The van der Waals surface area contributed by atoms with Gasteiger partial charge in [0.05, 0.1) is 6.04 Å². The van der Waals surface area contributed by atoms with Crippen molar-refractivity contribution < 1.29 is 14.6 Å². The summed E-state index contributed by atoms with van der Waals surface area (Å²) in [5.74, 6) is 0.751. The van der Waals surface area contributed by atoms with Gasteiger partial charge in [0, 0.05) is 29.2 Å². The van der Waals surface area contributed by atoms with Crippen LogP contribution in [0.3, 0.4) is 0 Å². The molecule has 0 spiro atoms. The molecular formula is C28H25N4O3-. The van der Waals surface area contributed by atoms with Crippen LogP contribution < -0.4 is 15.4 Å². The summed E-state index contributed by atoms with van der Waals surface area (Å²) in [7, 11) is 0. The smallest absolute Gasteiger partial charge is 0.319 e. The van der Waals surface area contributed by atoms with E-state index >= 15 is 0 Å². The monoisotopic (exact) mass is 465 g/mol. The Labute approximate surface area is 204 Å². The number of phenols is 1. The third kappa shape index (κ3) is 6.45. The molecule has 1 unspecified atom stereocenters. The predicted molar refractivity (Wildman–Crippen MR) is 137 cm³/mol. The fraction of sp³-hybridized carbons (Fsp3) is 0.107. The van der Waals surface area contributed by atoms with E-state index in [1.54, 1.807) is 54.9 Å². The minimum absolute atomic E-state index is 0.0217. The van der Waals surface area contributed by atoms with Gasteiger partial charge in [0.2, 0.25) is 0 Å². The lowest BCUT2D eigenvalue weighted by atomic mass is 9.97. The van der Waals surface area contributed by atoms with Gasteiger partial charge in [0.15, 0.2) is 0 Å². The molecule has 0 saturated heterocycles. The van der Waals surface area contributed by atoms with Crippen molar-refractivity contribution >= 4 is 17.4 Å². The fourth-order valence-corrected chi connectivity index (χ4v) is 3.63. The van der Waals surface area contributed by atoms with Gasteiger partial charge in [-0.3, -0.25) is 4.98 Å². The molecule has 4 rings (SSSR count). The molecule has 1 heterocycles. The molecule has 4 aromatic rings. The number of amides is 2. The Morgan fingerprint density at radius 2 is 1.69 bits per heavy atom. The van der Waals surface area contributed by atoms with Crippen LogP contribution in [0.2, 0.25) is 0 Å². The van der Waals surface area contributed by atoms with Crippen LogP contribution in [0.1, 0.15) is 29.2 Å².